The first kappa shape index (κ1) is 27.2. The Balaban J connectivity index is 1.78. The minimum atomic E-state index is -1.06. The molecule has 1 aliphatic rings. The average Bonchev–Trinajstić information content (AvgIpc) is 3.11. The fraction of sp³-hybridized carbons (Fsp3) is 0.250. The Morgan fingerprint density at radius 3 is 2.53 bits per heavy atom. The Labute approximate surface area is 219 Å². The third-order valence-corrected chi connectivity index (χ3v) is 6.33. The Morgan fingerprint density at radius 1 is 1.19 bits per heavy atom. The molecule has 0 spiro atoms. The van der Waals surface area contributed by atoms with E-state index in [1.807, 2.05) is 0 Å². The molecule has 3 rings (SSSR count). The molecule has 0 aliphatic carbocycles. The molecule has 0 unspecified atom stereocenters. The van der Waals surface area contributed by atoms with E-state index in [0.29, 0.717) is 39.8 Å². The topological polar surface area (TPSA) is 111 Å². The predicted octanol–water partition coefficient (Wildman–Crippen LogP) is 4.60. The van der Waals surface area contributed by atoms with Crippen LogP contribution in [0.15, 0.2) is 45.8 Å². The lowest BCUT2D eigenvalue weighted by molar-refractivity contribution is -0.148. The van der Waals surface area contributed by atoms with Crippen molar-refractivity contribution in [3.8, 4) is 11.5 Å². The molecule has 9 nitrogen and oxygen atoms in total. The molecule has 1 N–H and O–H groups in total. The molecular weight excluding hydrogens is 559 g/mol. The summed E-state index contributed by atoms with van der Waals surface area (Å²) in [5.74, 6) is -1.64. The molecule has 12 heteroatoms. The molecular formula is C24H22BrFN2O7S. The van der Waals surface area contributed by atoms with Crippen LogP contribution in [0.1, 0.15) is 19.4 Å². The molecule has 2 aromatic rings. The molecule has 0 saturated carbocycles. The van der Waals surface area contributed by atoms with E-state index in [1.165, 1.54) is 44.4 Å². The van der Waals surface area contributed by atoms with E-state index < -0.39 is 34.9 Å². The second kappa shape index (κ2) is 12.0. The number of amides is 3. The number of esters is 1. The van der Waals surface area contributed by atoms with Gasteiger partial charge in [0, 0.05) is 5.69 Å². The summed E-state index contributed by atoms with van der Waals surface area (Å²) in [4.78, 5) is 50.1. The summed E-state index contributed by atoms with van der Waals surface area (Å²) in [5, 5.41) is 2.02. The number of nitrogens with one attached hydrogen (secondary N) is 1. The van der Waals surface area contributed by atoms with E-state index in [4.69, 9.17) is 9.47 Å². The van der Waals surface area contributed by atoms with Crippen molar-refractivity contribution in [2.24, 2.45) is 0 Å². The van der Waals surface area contributed by atoms with Crippen molar-refractivity contribution in [1.29, 1.82) is 0 Å². The molecule has 190 valence electrons. The molecule has 1 saturated heterocycles. The molecule has 3 amide bonds. The van der Waals surface area contributed by atoms with Crippen LogP contribution in [0.4, 0.5) is 14.9 Å². The Kier molecular flexibility index (Phi) is 9.10. The van der Waals surface area contributed by atoms with Gasteiger partial charge in [-0.2, -0.15) is 0 Å². The van der Waals surface area contributed by atoms with E-state index in [1.54, 1.807) is 19.1 Å². The third kappa shape index (κ3) is 6.43. The van der Waals surface area contributed by atoms with Crippen LogP contribution in [-0.2, 0) is 19.1 Å². The lowest BCUT2D eigenvalue weighted by Crippen LogP contribution is -2.42. The van der Waals surface area contributed by atoms with E-state index in [2.05, 4.69) is 26.0 Å². The first-order chi connectivity index (χ1) is 17.1. The van der Waals surface area contributed by atoms with Crippen molar-refractivity contribution in [2.45, 2.75) is 19.9 Å². The lowest BCUT2D eigenvalue weighted by atomic mass is 10.1. The van der Waals surface area contributed by atoms with Crippen LogP contribution < -0.4 is 14.8 Å². The number of anilines is 1. The second-order valence-corrected chi connectivity index (χ2v) is 9.21. The van der Waals surface area contributed by atoms with Gasteiger partial charge in [-0.3, -0.25) is 19.3 Å². The van der Waals surface area contributed by atoms with Crippen molar-refractivity contribution in [1.82, 2.24) is 4.90 Å². The smallest absolute Gasteiger partial charge is 0.328 e. The number of methoxy groups -OCH3 is 1. The van der Waals surface area contributed by atoms with Gasteiger partial charge in [-0.15, -0.1) is 0 Å². The first-order valence-electron chi connectivity index (χ1n) is 10.6. The SMILES string of the molecule is CCOc1cc(/C=C2/SC(=O)N([C@@H](C)C(=O)OC)C2=O)cc(Br)c1OCC(=O)Nc1ccc(F)cc1. The van der Waals surface area contributed by atoms with Crippen molar-refractivity contribution in [3.63, 3.8) is 0 Å². The normalized spacial score (nSPS) is 15.1. The van der Waals surface area contributed by atoms with Gasteiger partial charge in [0.15, 0.2) is 18.1 Å². The number of thioether (sulfide) groups is 1. The highest BCUT2D eigenvalue weighted by Crippen LogP contribution is 2.39. The monoisotopic (exact) mass is 580 g/mol. The first-order valence-corrected chi connectivity index (χ1v) is 12.2. The Bertz CT molecular complexity index is 1220. The van der Waals surface area contributed by atoms with Crippen LogP contribution in [0.5, 0.6) is 11.5 Å². The molecule has 2 aromatic carbocycles. The van der Waals surface area contributed by atoms with E-state index in [0.717, 1.165) is 4.90 Å². The van der Waals surface area contributed by atoms with Crippen molar-refractivity contribution in [2.75, 3.05) is 25.6 Å². The van der Waals surface area contributed by atoms with Crippen LogP contribution in [0.2, 0.25) is 0 Å². The largest absolute Gasteiger partial charge is 0.490 e. The van der Waals surface area contributed by atoms with Crippen LogP contribution >= 0.6 is 27.7 Å². The summed E-state index contributed by atoms with van der Waals surface area (Å²) >= 11 is 4.10. The Morgan fingerprint density at radius 2 is 1.89 bits per heavy atom. The zero-order chi connectivity index (χ0) is 26.4. The summed E-state index contributed by atoms with van der Waals surface area (Å²) in [7, 11) is 1.18. The van der Waals surface area contributed by atoms with Gasteiger partial charge in [0.1, 0.15) is 11.9 Å². The number of hydrogen-bond acceptors (Lipinski definition) is 8. The number of carbonyl (C=O) groups is 4. The van der Waals surface area contributed by atoms with E-state index in [9.17, 15) is 23.6 Å². The maximum absolute atomic E-state index is 13.0. The minimum absolute atomic E-state index is 0.123. The van der Waals surface area contributed by atoms with E-state index >= 15 is 0 Å². The number of ether oxygens (including phenoxy) is 3. The fourth-order valence-corrected chi connectivity index (χ4v) is 4.67. The summed E-state index contributed by atoms with van der Waals surface area (Å²) in [6.07, 6.45) is 1.49. The molecule has 36 heavy (non-hydrogen) atoms. The molecule has 0 bridgehead atoms. The Hall–Kier alpha value is -3.38. The third-order valence-electron chi connectivity index (χ3n) is 4.86. The molecule has 0 aromatic heterocycles. The highest BCUT2D eigenvalue weighted by atomic mass is 79.9. The minimum Gasteiger partial charge on any atom is -0.490 e. The van der Waals surface area contributed by atoms with Crippen LogP contribution in [0, 0.1) is 5.82 Å². The summed E-state index contributed by atoms with van der Waals surface area (Å²) in [6.45, 7) is 3.12. The number of nitrogens with zero attached hydrogens (tertiary/aromatic N) is 1. The summed E-state index contributed by atoms with van der Waals surface area (Å²) in [5.41, 5.74) is 0.935. The molecule has 1 aliphatic heterocycles. The van der Waals surface area contributed by atoms with Gasteiger partial charge in [-0.1, -0.05) is 0 Å². The van der Waals surface area contributed by atoms with Crippen molar-refractivity contribution in [3.05, 3.63) is 57.2 Å². The highest BCUT2D eigenvalue weighted by Gasteiger charge is 2.41. The number of imide groups is 1. The summed E-state index contributed by atoms with van der Waals surface area (Å²) in [6, 6.07) is 7.48. The summed E-state index contributed by atoms with van der Waals surface area (Å²) < 4.78 is 29.4. The highest BCUT2D eigenvalue weighted by molar-refractivity contribution is 9.10. The van der Waals surface area contributed by atoms with Gasteiger partial charge in [-0.05, 0) is 89.6 Å². The number of carbonyl (C=O) groups excluding carboxylic acids is 4. The van der Waals surface area contributed by atoms with Gasteiger partial charge in [-0.25, -0.2) is 9.18 Å². The average molecular weight is 581 g/mol. The lowest BCUT2D eigenvalue weighted by Gasteiger charge is -2.18. The van der Waals surface area contributed by atoms with E-state index in [-0.39, 0.29) is 17.3 Å². The standard InChI is InChI=1S/C24H22BrFN2O7S/c1-4-34-18-10-14(11-19-22(30)28(24(32)36-19)13(2)23(31)33-3)9-17(25)21(18)35-12-20(29)27-16-7-5-15(26)6-8-16/h5-11,13H,4,12H2,1-3H3,(H,27,29)/b19-11+/t13-/m0/s1. The fourth-order valence-electron chi connectivity index (χ4n) is 3.18. The maximum atomic E-state index is 13.0. The molecule has 0 radical (unpaired) electrons. The maximum Gasteiger partial charge on any atom is 0.328 e. The second-order valence-electron chi connectivity index (χ2n) is 7.36. The van der Waals surface area contributed by atoms with Crippen LogP contribution in [0.25, 0.3) is 6.08 Å². The van der Waals surface area contributed by atoms with Crippen molar-refractivity contribution < 1.29 is 37.8 Å². The number of benzene rings is 2. The van der Waals surface area contributed by atoms with Gasteiger partial charge in [0.2, 0.25) is 0 Å². The number of halogens is 2. The number of hydrogen-bond donors (Lipinski definition) is 1. The van der Waals surface area contributed by atoms with Crippen molar-refractivity contribution >= 4 is 62.5 Å². The quantitative estimate of drug-likeness (QED) is 0.338. The van der Waals surface area contributed by atoms with Gasteiger partial charge in [0.25, 0.3) is 17.1 Å². The van der Waals surface area contributed by atoms with Gasteiger partial charge >= 0.3 is 5.97 Å². The molecule has 1 atom stereocenters. The van der Waals surface area contributed by atoms with Gasteiger partial charge in [0.05, 0.1) is 23.1 Å². The zero-order valence-electron chi connectivity index (χ0n) is 19.5. The molecule has 1 heterocycles. The predicted molar refractivity (Wildman–Crippen MR) is 135 cm³/mol. The number of rotatable bonds is 9. The van der Waals surface area contributed by atoms with Gasteiger partial charge < -0.3 is 19.5 Å². The molecule has 1 fully saturated rings. The van der Waals surface area contributed by atoms with Crippen LogP contribution in [-0.4, -0.2) is 54.3 Å². The zero-order valence-corrected chi connectivity index (χ0v) is 21.9. The van der Waals surface area contributed by atoms with Crippen LogP contribution in [0.3, 0.4) is 0 Å².